The number of hydrogen-bond donors (Lipinski definition) is 4. The van der Waals surface area contributed by atoms with E-state index in [2.05, 4.69) is 20.9 Å². The van der Waals surface area contributed by atoms with Gasteiger partial charge < -0.3 is 21.7 Å². The van der Waals surface area contributed by atoms with Crippen LogP contribution in [0.4, 0.5) is 0 Å². The molecule has 10 nitrogen and oxygen atoms in total. The zero-order valence-corrected chi connectivity index (χ0v) is 18.8. The van der Waals surface area contributed by atoms with E-state index in [-0.39, 0.29) is 18.0 Å². The fourth-order valence-electron chi connectivity index (χ4n) is 4.19. The molecule has 2 aromatic rings. The number of halogens is 1. The topological polar surface area (TPSA) is 148 Å². The van der Waals surface area contributed by atoms with Crippen LogP contribution in [0.3, 0.4) is 0 Å². The Bertz CT molecular complexity index is 1080. The molecule has 4 amide bonds. The van der Waals surface area contributed by atoms with Crippen LogP contribution < -0.4 is 21.7 Å². The van der Waals surface area contributed by atoms with Crippen molar-refractivity contribution < 1.29 is 19.2 Å². The maximum Gasteiger partial charge on any atom is 0.269 e. The van der Waals surface area contributed by atoms with E-state index in [0.717, 1.165) is 24.6 Å². The van der Waals surface area contributed by atoms with Gasteiger partial charge >= 0.3 is 0 Å². The molecular formula is C22H27ClN6O4. The van der Waals surface area contributed by atoms with Gasteiger partial charge in [-0.2, -0.15) is 0 Å². The van der Waals surface area contributed by atoms with Crippen molar-refractivity contribution in [2.45, 2.75) is 50.6 Å². The van der Waals surface area contributed by atoms with Crippen LogP contribution in [-0.4, -0.2) is 51.3 Å². The van der Waals surface area contributed by atoms with Crippen LogP contribution >= 0.6 is 11.8 Å². The van der Waals surface area contributed by atoms with E-state index >= 15 is 0 Å². The van der Waals surface area contributed by atoms with Crippen molar-refractivity contribution in [2.24, 2.45) is 17.6 Å². The Labute approximate surface area is 195 Å². The van der Waals surface area contributed by atoms with Gasteiger partial charge in [0, 0.05) is 35.8 Å². The normalized spacial score (nSPS) is 20.0. The number of hydrogen-bond acceptors (Lipinski definition) is 5. The van der Waals surface area contributed by atoms with Gasteiger partial charge in [-0.25, -0.2) is 4.09 Å². The maximum atomic E-state index is 13.1. The molecule has 11 heteroatoms. The van der Waals surface area contributed by atoms with E-state index in [9.17, 15) is 19.2 Å². The lowest BCUT2D eigenvalue weighted by atomic mass is 9.91. The zero-order valence-electron chi connectivity index (χ0n) is 18.1. The highest BCUT2D eigenvalue weighted by Crippen LogP contribution is 2.34. The van der Waals surface area contributed by atoms with Gasteiger partial charge in [0.25, 0.3) is 5.91 Å². The Morgan fingerprint density at radius 2 is 2.00 bits per heavy atom. The molecule has 1 aliphatic heterocycles. The fourth-order valence-corrected chi connectivity index (χ4v) is 4.45. The average Bonchev–Trinajstić information content (AvgIpc) is 3.55. The Balaban J connectivity index is 1.46. The van der Waals surface area contributed by atoms with Gasteiger partial charge in [0.2, 0.25) is 17.7 Å². The number of nitrogens with zero attached hydrogens (tertiary/aromatic N) is 2. The third-order valence-corrected chi connectivity index (χ3v) is 6.61. The van der Waals surface area contributed by atoms with Crippen molar-refractivity contribution in [2.75, 3.05) is 6.54 Å². The van der Waals surface area contributed by atoms with Crippen molar-refractivity contribution in [1.29, 1.82) is 0 Å². The Morgan fingerprint density at radius 1 is 1.21 bits per heavy atom. The summed E-state index contributed by atoms with van der Waals surface area (Å²) in [6, 6.07) is 1.49. The van der Waals surface area contributed by atoms with Gasteiger partial charge in [-0.3, -0.25) is 24.2 Å². The molecule has 2 fully saturated rings. The number of rotatable bonds is 9. The summed E-state index contributed by atoms with van der Waals surface area (Å²) in [7, 11) is 0. The van der Waals surface area contributed by atoms with Crippen molar-refractivity contribution in [1.82, 2.24) is 25.0 Å². The molecule has 5 N–H and O–H groups in total. The summed E-state index contributed by atoms with van der Waals surface area (Å²) >= 11 is 6.30. The summed E-state index contributed by atoms with van der Waals surface area (Å²) in [5.41, 5.74) is 6.27. The maximum absolute atomic E-state index is 13.1. The van der Waals surface area contributed by atoms with E-state index in [1.165, 1.54) is 4.09 Å². The van der Waals surface area contributed by atoms with Crippen LogP contribution in [-0.2, 0) is 14.4 Å². The molecule has 176 valence electrons. The largest absolute Gasteiger partial charge is 0.368 e. The monoisotopic (exact) mass is 474 g/mol. The second kappa shape index (κ2) is 9.78. The van der Waals surface area contributed by atoms with Crippen LogP contribution in [0.1, 0.15) is 49.0 Å². The quantitative estimate of drug-likeness (QED) is 0.424. The highest BCUT2D eigenvalue weighted by molar-refractivity contribution is 6.22. The van der Waals surface area contributed by atoms with Gasteiger partial charge in [0.1, 0.15) is 17.8 Å². The molecule has 0 unspecified atom stereocenters. The van der Waals surface area contributed by atoms with Crippen LogP contribution in [0, 0.1) is 11.8 Å². The molecule has 0 radical (unpaired) electrons. The molecule has 4 rings (SSSR count). The van der Waals surface area contributed by atoms with Crippen molar-refractivity contribution in [3.8, 4) is 0 Å². The van der Waals surface area contributed by atoms with E-state index < -0.39 is 35.7 Å². The van der Waals surface area contributed by atoms with E-state index in [0.29, 0.717) is 30.8 Å². The lowest BCUT2D eigenvalue weighted by molar-refractivity contribution is -0.131. The number of aromatic nitrogens is 2. The average molecular weight is 475 g/mol. The smallest absolute Gasteiger partial charge is 0.269 e. The third kappa shape index (κ3) is 5.44. The minimum absolute atomic E-state index is 0.125. The van der Waals surface area contributed by atoms with Gasteiger partial charge in [-0.15, -0.1) is 0 Å². The highest BCUT2D eigenvalue weighted by atomic mass is 35.5. The number of nitrogens with two attached hydrogens (primary N) is 1. The number of carbonyl (C=O) groups is 4. The van der Waals surface area contributed by atoms with Crippen LogP contribution in [0.2, 0.25) is 0 Å². The first-order chi connectivity index (χ1) is 15.8. The van der Waals surface area contributed by atoms with Gasteiger partial charge in [-0.1, -0.05) is 12.8 Å². The summed E-state index contributed by atoms with van der Waals surface area (Å²) in [6.45, 7) is 0.603. The molecule has 0 aromatic carbocycles. The predicted octanol–water partition coefficient (Wildman–Crippen LogP) is 0.823. The molecule has 2 aliphatic rings. The third-order valence-electron chi connectivity index (χ3n) is 6.25. The Kier molecular flexibility index (Phi) is 6.83. The molecule has 3 heterocycles. The second-order valence-electron chi connectivity index (χ2n) is 8.78. The summed E-state index contributed by atoms with van der Waals surface area (Å²) in [5, 5.41) is 8.92. The summed E-state index contributed by atoms with van der Waals surface area (Å²) in [4.78, 5) is 54.2. The van der Waals surface area contributed by atoms with Crippen LogP contribution in [0.15, 0.2) is 24.5 Å². The van der Waals surface area contributed by atoms with E-state index in [1.54, 1.807) is 24.5 Å². The fraction of sp³-hybridized carbons (Fsp3) is 0.500. The zero-order chi connectivity index (χ0) is 23.5. The van der Waals surface area contributed by atoms with E-state index in [4.69, 9.17) is 17.5 Å². The number of fused-ring (bicyclic) bond motifs is 1. The second-order valence-corrected chi connectivity index (χ2v) is 9.12. The van der Waals surface area contributed by atoms with Gasteiger partial charge in [0.15, 0.2) is 0 Å². The molecule has 1 aliphatic carbocycles. The Morgan fingerprint density at radius 3 is 2.67 bits per heavy atom. The summed E-state index contributed by atoms with van der Waals surface area (Å²) in [6.07, 6.45) is 7.09. The molecule has 1 saturated carbocycles. The number of nitrogens with one attached hydrogen (secondary N) is 3. The lowest BCUT2D eigenvalue weighted by Crippen LogP contribution is -2.54. The highest BCUT2D eigenvalue weighted by Gasteiger charge is 2.34. The minimum atomic E-state index is -1.00. The lowest BCUT2D eigenvalue weighted by Gasteiger charge is -2.27. The standard InChI is InChI=1S/C22H27ClN6O4/c23-29-17(10-13-5-7-25-11-18(13)29)22(33)28-16(8-12-3-4-12)21(32)27-15(19(24)30)9-14-2-1-6-26-20(14)31/h5,7,10-12,14-16H,1-4,6,8-9H2,(H2,24,30)(H,26,31)(H,27,32)(H,28,33)/t14-,15-,16-/m0/s1. The molecular weight excluding hydrogens is 448 g/mol. The number of pyridine rings is 1. The number of amides is 4. The molecule has 3 atom stereocenters. The molecule has 0 spiro atoms. The SMILES string of the molecule is NC(=O)[C@H](C[C@@H]1CCCNC1=O)NC(=O)[C@H](CC1CC1)NC(=O)c1cc2ccncc2n1Cl. The number of primary amides is 1. The molecule has 1 saturated heterocycles. The van der Waals surface area contributed by atoms with Gasteiger partial charge in [0.05, 0.1) is 11.7 Å². The first kappa shape index (κ1) is 23.0. The van der Waals surface area contributed by atoms with Crippen molar-refractivity contribution in [3.63, 3.8) is 0 Å². The molecule has 0 bridgehead atoms. The first-order valence-electron chi connectivity index (χ1n) is 11.1. The van der Waals surface area contributed by atoms with Crippen molar-refractivity contribution in [3.05, 3.63) is 30.2 Å². The first-order valence-corrected chi connectivity index (χ1v) is 11.5. The minimum Gasteiger partial charge on any atom is -0.368 e. The summed E-state index contributed by atoms with van der Waals surface area (Å²) in [5.74, 6) is -1.95. The van der Waals surface area contributed by atoms with Crippen molar-refractivity contribution >= 4 is 46.3 Å². The molecule has 33 heavy (non-hydrogen) atoms. The molecule has 2 aromatic heterocycles. The van der Waals surface area contributed by atoms with E-state index in [1.807, 2.05) is 0 Å². The van der Waals surface area contributed by atoms with Crippen LogP contribution in [0.5, 0.6) is 0 Å². The van der Waals surface area contributed by atoms with Gasteiger partial charge in [-0.05, 0) is 43.7 Å². The predicted molar refractivity (Wildman–Crippen MR) is 121 cm³/mol. The number of carbonyl (C=O) groups excluding carboxylic acids is 4. The Hall–Kier alpha value is -3.14. The number of piperidine rings is 1. The summed E-state index contributed by atoms with van der Waals surface area (Å²) < 4.78 is 1.21. The van der Waals surface area contributed by atoms with Crippen LogP contribution in [0.25, 0.3) is 10.9 Å².